The molecular formula is C60H102O6. The molecular weight excluding hydrogens is 817 g/mol. The molecule has 0 N–H and O–H groups in total. The van der Waals surface area contributed by atoms with Crippen molar-refractivity contribution in [3.05, 3.63) is 85.1 Å². The minimum Gasteiger partial charge on any atom is -0.462 e. The van der Waals surface area contributed by atoms with Crippen LogP contribution in [-0.4, -0.2) is 37.2 Å². The third kappa shape index (κ3) is 51.6. The molecule has 0 aromatic carbocycles. The molecule has 1 unspecified atom stereocenters. The Hall–Kier alpha value is -3.41. The second-order valence-corrected chi connectivity index (χ2v) is 18.1. The highest BCUT2D eigenvalue weighted by molar-refractivity contribution is 5.71. The zero-order valence-electron chi connectivity index (χ0n) is 43.2. The number of hydrogen-bond acceptors (Lipinski definition) is 6. The molecule has 0 aromatic heterocycles. The van der Waals surface area contributed by atoms with Gasteiger partial charge in [-0.3, -0.25) is 14.4 Å². The van der Waals surface area contributed by atoms with Crippen molar-refractivity contribution in [2.45, 2.75) is 264 Å². The average Bonchev–Trinajstić information content (AvgIpc) is 3.31. The van der Waals surface area contributed by atoms with E-state index in [4.69, 9.17) is 14.2 Å². The van der Waals surface area contributed by atoms with Crippen molar-refractivity contribution in [1.29, 1.82) is 0 Å². The van der Waals surface area contributed by atoms with E-state index in [1.54, 1.807) is 0 Å². The minimum absolute atomic E-state index is 0.104. The maximum absolute atomic E-state index is 12.7. The number of allylic oxidation sites excluding steroid dienone is 14. The Bertz CT molecular complexity index is 1290. The van der Waals surface area contributed by atoms with Gasteiger partial charge >= 0.3 is 17.9 Å². The highest BCUT2D eigenvalue weighted by atomic mass is 16.6. The number of rotatable bonds is 49. The number of ether oxygens (including phenoxy) is 3. The molecule has 0 fully saturated rings. The standard InChI is InChI=1S/C60H102O6/c1-4-7-10-13-16-18-20-22-23-24-25-26-27-28-29-30-31-32-33-34-35-36-37-39-40-42-44-47-50-53-59(62)65-56-57(55-64-58(61)52-49-46-15-12-9-6-3)66-60(63)54-51-48-45-43-41-38-21-19-17-14-11-8-5-2/h8,11,17,19-20,22,24-25,27-28,38,41,45,48,57H,4-7,9-10,12-16,18,21,23,26,29-37,39-40,42-44,46-47,49-56H2,1-3H3/b11-8-,19-17-,22-20-,25-24-,28-27-,41-38-,48-45-. The maximum Gasteiger partial charge on any atom is 0.306 e. The van der Waals surface area contributed by atoms with Crippen LogP contribution >= 0.6 is 0 Å². The first-order valence-electron chi connectivity index (χ1n) is 27.6. The summed E-state index contributed by atoms with van der Waals surface area (Å²) in [6.07, 6.45) is 70.6. The Balaban J connectivity index is 4.08. The van der Waals surface area contributed by atoms with E-state index in [1.807, 2.05) is 12.2 Å². The van der Waals surface area contributed by atoms with Crippen LogP contribution in [0, 0.1) is 0 Å². The van der Waals surface area contributed by atoms with Gasteiger partial charge in [0, 0.05) is 19.3 Å². The summed E-state index contributed by atoms with van der Waals surface area (Å²) in [7, 11) is 0. The van der Waals surface area contributed by atoms with Crippen LogP contribution < -0.4 is 0 Å². The first kappa shape index (κ1) is 62.6. The van der Waals surface area contributed by atoms with Gasteiger partial charge in [0.2, 0.25) is 0 Å². The number of hydrogen-bond donors (Lipinski definition) is 0. The van der Waals surface area contributed by atoms with Gasteiger partial charge in [-0.15, -0.1) is 0 Å². The van der Waals surface area contributed by atoms with E-state index >= 15 is 0 Å². The molecule has 0 aliphatic heterocycles. The topological polar surface area (TPSA) is 78.9 Å². The van der Waals surface area contributed by atoms with Gasteiger partial charge in [-0.25, -0.2) is 0 Å². The Morgan fingerprint density at radius 2 is 0.621 bits per heavy atom. The molecule has 0 aliphatic rings. The lowest BCUT2D eigenvalue weighted by atomic mass is 10.0. The van der Waals surface area contributed by atoms with Crippen LogP contribution in [0.25, 0.3) is 0 Å². The summed E-state index contributed by atoms with van der Waals surface area (Å²) in [6.45, 7) is 6.38. The number of carbonyl (C=O) groups excluding carboxylic acids is 3. The molecule has 6 heteroatoms. The fraction of sp³-hybridized carbons (Fsp3) is 0.717. The van der Waals surface area contributed by atoms with E-state index in [0.29, 0.717) is 19.3 Å². The summed E-state index contributed by atoms with van der Waals surface area (Å²) < 4.78 is 16.6. The van der Waals surface area contributed by atoms with Crippen molar-refractivity contribution >= 4 is 17.9 Å². The van der Waals surface area contributed by atoms with E-state index in [1.165, 1.54) is 135 Å². The fourth-order valence-corrected chi connectivity index (χ4v) is 7.52. The Morgan fingerprint density at radius 1 is 0.318 bits per heavy atom. The maximum atomic E-state index is 12.7. The van der Waals surface area contributed by atoms with Crippen LogP contribution in [0.3, 0.4) is 0 Å². The van der Waals surface area contributed by atoms with Crippen LogP contribution in [0.15, 0.2) is 85.1 Å². The molecule has 0 saturated carbocycles. The number of unbranched alkanes of at least 4 members (excludes halogenated alkanes) is 24. The van der Waals surface area contributed by atoms with E-state index < -0.39 is 12.1 Å². The summed E-state index contributed by atoms with van der Waals surface area (Å²) >= 11 is 0. The van der Waals surface area contributed by atoms with Crippen LogP contribution in [0.5, 0.6) is 0 Å². The largest absolute Gasteiger partial charge is 0.462 e. The zero-order valence-corrected chi connectivity index (χ0v) is 43.2. The highest BCUT2D eigenvalue weighted by Gasteiger charge is 2.19. The molecule has 0 aromatic rings. The molecule has 0 spiro atoms. The van der Waals surface area contributed by atoms with Crippen molar-refractivity contribution in [3.8, 4) is 0 Å². The predicted octanol–water partition coefficient (Wildman–Crippen LogP) is 18.4. The van der Waals surface area contributed by atoms with E-state index in [-0.39, 0.29) is 31.6 Å². The molecule has 0 amide bonds. The van der Waals surface area contributed by atoms with Gasteiger partial charge in [-0.05, 0) is 83.5 Å². The minimum atomic E-state index is -0.810. The highest BCUT2D eigenvalue weighted by Crippen LogP contribution is 2.15. The number of carbonyl (C=O) groups is 3. The molecule has 1 atom stereocenters. The molecule has 6 nitrogen and oxygen atoms in total. The Morgan fingerprint density at radius 3 is 0.985 bits per heavy atom. The summed E-state index contributed by atoms with van der Waals surface area (Å²) in [5.74, 6) is -0.997. The molecule has 66 heavy (non-hydrogen) atoms. The van der Waals surface area contributed by atoms with E-state index in [0.717, 1.165) is 77.0 Å². The Labute approximate surface area is 407 Å². The monoisotopic (exact) mass is 919 g/mol. The van der Waals surface area contributed by atoms with Crippen molar-refractivity contribution in [3.63, 3.8) is 0 Å². The molecule has 378 valence electrons. The zero-order chi connectivity index (χ0) is 47.9. The molecule has 0 radical (unpaired) electrons. The van der Waals surface area contributed by atoms with Gasteiger partial charge in [0.25, 0.3) is 0 Å². The third-order valence-corrected chi connectivity index (χ3v) is 11.6. The first-order chi connectivity index (χ1) is 32.5. The second-order valence-electron chi connectivity index (χ2n) is 18.1. The van der Waals surface area contributed by atoms with Gasteiger partial charge in [0.15, 0.2) is 6.10 Å². The van der Waals surface area contributed by atoms with Gasteiger partial charge < -0.3 is 14.2 Å². The lowest BCUT2D eigenvalue weighted by Crippen LogP contribution is -2.30. The molecule has 0 saturated heterocycles. The molecule has 0 rings (SSSR count). The second kappa shape index (κ2) is 54.2. The number of esters is 3. The van der Waals surface area contributed by atoms with Crippen LogP contribution in [0.1, 0.15) is 258 Å². The normalized spacial score (nSPS) is 12.7. The van der Waals surface area contributed by atoms with Crippen LogP contribution in [0.2, 0.25) is 0 Å². The lowest BCUT2D eigenvalue weighted by molar-refractivity contribution is -0.166. The summed E-state index contributed by atoms with van der Waals surface area (Å²) in [6, 6.07) is 0. The molecule has 0 aliphatic carbocycles. The first-order valence-corrected chi connectivity index (χ1v) is 27.6. The summed E-state index contributed by atoms with van der Waals surface area (Å²) in [4.78, 5) is 37.7. The third-order valence-electron chi connectivity index (χ3n) is 11.6. The SMILES string of the molecule is CC/C=C\C/C=C\C/C=C\C/C=C\CCC(=O)OC(COC(=O)CCCCCCCC)COC(=O)CCCCCCCCCCCCCCCC/C=C\C/C=C\C/C=C\CCCCCCC. The van der Waals surface area contributed by atoms with E-state index in [2.05, 4.69) is 93.7 Å². The van der Waals surface area contributed by atoms with Gasteiger partial charge in [-0.2, -0.15) is 0 Å². The average molecular weight is 919 g/mol. The van der Waals surface area contributed by atoms with E-state index in [9.17, 15) is 14.4 Å². The fourth-order valence-electron chi connectivity index (χ4n) is 7.52. The lowest BCUT2D eigenvalue weighted by Gasteiger charge is -2.18. The van der Waals surface area contributed by atoms with Crippen molar-refractivity contribution in [2.75, 3.05) is 13.2 Å². The van der Waals surface area contributed by atoms with Crippen molar-refractivity contribution < 1.29 is 28.6 Å². The Kier molecular flexibility index (Phi) is 51.4. The molecule has 0 heterocycles. The van der Waals surface area contributed by atoms with Gasteiger partial charge in [-0.1, -0.05) is 241 Å². The molecule has 0 bridgehead atoms. The van der Waals surface area contributed by atoms with Crippen molar-refractivity contribution in [1.82, 2.24) is 0 Å². The quantitative estimate of drug-likeness (QED) is 0.0262. The summed E-state index contributed by atoms with van der Waals surface area (Å²) in [5.41, 5.74) is 0. The van der Waals surface area contributed by atoms with Gasteiger partial charge in [0.1, 0.15) is 13.2 Å². The van der Waals surface area contributed by atoms with Gasteiger partial charge in [0.05, 0.1) is 0 Å². The van der Waals surface area contributed by atoms with Crippen molar-refractivity contribution in [2.24, 2.45) is 0 Å². The van der Waals surface area contributed by atoms with Crippen LogP contribution in [-0.2, 0) is 28.6 Å². The smallest absolute Gasteiger partial charge is 0.306 e. The summed E-state index contributed by atoms with van der Waals surface area (Å²) in [5, 5.41) is 0. The predicted molar refractivity (Wildman–Crippen MR) is 284 cm³/mol. The van der Waals surface area contributed by atoms with Crippen LogP contribution in [0.4, 0.5) is 0 Å².